The van der Waals surface area contributed by atoms with Gasteiger partial charge in [0.05, 0.1) is 24.2 Å². The van der Waals surface area contributed by atoms with E-state index in [1.807, 2.05) is 12.1 Å². The number of carbonyl (C=O) groups excluding carboxylic acids is 1. The lowest BCUT2D eigenvalue weighted by Gasteiger charge is -2.18. The molecule has 0 fully saturated rings. The van der Waals surface area contributed by atoms with E-state index in [-0.39, 0.29) is 46.7 Å². The Morgan fingerprint density at radius 1 is 1.21 bits per heavy atom. The highest BCUT2D eigenvalue weighted by Gasteiger charge is 2.27. The molecule has 0 saturated carbocycles. The molecule has 1 heterocycles. The van der Waals surface area contributed by atoms with E-state index in [9.17, 15) is 9.18 Å². The predicted octanol–water partition coefficient (Wildman–Crippen LogP) is 4.60. The number of halogens is 2. The molecule has 8 heteroatoms. The van der Waals surface area contributed by atoms with E-state index in [1.54, 1.807) is 33.2 Å². The van der Waals surface area contributed by atoms with Crippen LogP contribution in [0, 0.1) is 12.7 Å². The predicted molar refractivity (Wildman–Crippen MR) is 107 cm³/mol. The summed E-state index contributed by atoms with van der Waals surface area (Å²) >= 11 is 6.13. The maximum absolute atomic E-state index is 14.3. The average Bonchev–Trinajstić information content (AvgIpc) is 3.08. The van der Waals surface area contributed by atoms with Crippen LogP contribution in [0.1, 0.15) is 16.1 Å². The second-order valence-corrected chi connectivity index (χ2v) is 6.69. The second kappa shape index (κ2) is 8.96. The van der Waals surface area contributed by atoms with Gasteiger partial charge in [-0.15, -0.1) is 0 Å². The molecule has 1 aromatic heterocycles. The van der Waals surface area contributed by atoms with Gasteiger partial charge in [0.2, 0.25) is 0 Å². The fourth-order valence-corrected chi connectivity index (χ4v) is 3.09. The zero-order valence-electron chi connectivity index (χ0n) is 16.2. The normalized spacial score (nSPS) is 10.7. The van der Waals surface area contributed by atoms with Crippen LogP contribution >= 0.6 is 11.6 Å². The molecule has 0 aliphatic carbocycles. The molecule has 152 valence electrons. The largest absolute Gasteiger partial charge is 0.493 e. The van der Waals surface area contributed by atoms with Gasteiger partial charge in [-0.2, -0.15) is 0 Å². The first-order valence-corrected chi connectivity index (χ1v) is 9.23. The summed E-state index contributed by atoms with van der Waals surface area (Å²) in [6.45, 7) is 2.12. The summed E-state index contributed by atoms with van der Waals surface area (Å²) in [7, 11) is 3.18. The molecular formula is C21H20ClFN2O4. The van der Waals surface area contributed by atoms with Gasteiger partial charge in [0.15, 0.2) is 11.5 Å². The number of benzene rings is 2. The molecular weight excluding hydrogens is 399 g/mol. The summed E-state index contributed by atoms with van der Waals surface area (Å²) in [5, 5.41) is 4.01. The van der Waals surface area contributed by atoms with Gasteiger partial charge in [0, 0.05) is 7.05 Å². The van der Waals surface area contributed by atoms with Crippen molar-refractivity contribution in [3.8, 4) is 22.8 Å². The van der Waals surface area contributed by atoms with Crippen molar-refractivity contribution < 1.29 is 23.2 Å². The van der Waals surface area contributed by atoms with Crippen molar-refractivity contribution in [2.24, 2.45) is 0 Å². The van der Waals surface area contributed by atoms with Gasteiger partial charge in [-0.05, 0) is 31.2 Å². The van der Waals surface area contributed by atoms with Crippen LogP contribution in [0.25, 0.3) is 11.3 Å². The van der Waals surface area contributed by atoms with Crippen LogP contribution < -0.4 is 9.47 Å². The van der Waals surface area contributed by atoms with E-state index in [1.165, 1.54) is 23.1 Å². The Balaban J connectivity index is 1.76. The highest BCUT2D eigenvalue weighted by molar-refractivity contribution is 6.33. The van der Waals surface area contributed by atoms with Gasteiger partial charge in [-0.25, -0.2) is 4.39 Å². The Kier molecular flexibility index (Phi) is 6.39. The molecule has 0 unspecified atom stereocenters. The number of para-hydroxylation sites is 2. The summed E-state index contributed by atoms with van der Waals surface area (Å²) in [5.74, 6) is 0.509. The molecule has 3 rings (SSSR count). The molecule has 0 bridgehead atoms. The van der Waals surface area contributed by atoms with Crippen molar-refractivity contribution in [2.45, 2.75) is 6.92 Å². The van der Waals surface area contributed by atoms with Crippen molar-refractivity contribution in [3.05, 3.63) is 64.6 Å². The van der Waals surface area contributed by atoms with Crippen LogP contribution in [-0.4, -0.2) is 43.3 Å². The summed E-state index contributed by atoms with van der Waals surface area (Å²) in [6.07, 6.45) is 0. The topological polar surface area (TPSA) is 64.8 Å². The number of hydrogen-bond donors (Lipinski definition) is 0. The smallest absolute Gasteiger partial charge is 0.259 e. The molecule has 0 aliphatic rings. The first-order valence-electron chi connectivity index (χ1n) is 8.86. The van der Waals surface area contributed by atoms with E-state index in [4.69, 9.17) is 25.6 Å². The monoisotopic (exact) mass is 418 g/mol. The maximum Gasteiger partial charge on any atom is 0.259 e. The maximum atomic E-state index is 14.3. The van der Waals surface area contributed by atoms with Gasteiger partial charge in [0.25, 0.3) is 5.91 Å². The quantitative estimate of drug-likeness (QED) is 0.561. The van der Waals surface area contributed by atoms with Gasteiger partial charge in [0.1, 0.15) is 29.4 Å². The van der Waals surface area contributed by atoms with Crippen molar-refractivity contribution in [2.75, 3.05) is 27.3 Å². The number of likely N-dealkylation sites (N-methyl/N-ethyl adjacent to an activating group) is 1. The Morgan fingerprint density at radius 2 is 1.93 bits per heavy atom. The summed E-state index contributed by atoms with van der Waals surface area (Å²) in [5.41, 5.74) is 0.276. The van der Waals surface area contributed by atoms with Crippen LogP contribution in [0.2, 0.25) is 5.02 Å². The van der Waals surface area contributed by atoms with Gasteiger partial charge < -0.3 is 18.9 Å². The number of aryl methyl sites for hydroxylation is 1. The van der Waals surface area contributed by atoms with Crippen LogP contribution in [0.5, 0.6) is 11.5 Å². The van der Waals surface area contributed by atoms with E-state index >= 15 is 0 Å². The SMILES string of the molecule is COc1ccccc1OCCN(C)C(=O)c1c(-c2c(F)cccc2Cl)noc1C. The third kappa shape index (κ3) is 4.35. The number of aromatic nitrogens is 1. The molecule has 0 saturated heterocycles. The summed E-state index contributed by atoms with van der Waals surface area (Å²) in [4.78, 5) is 14.4. The Hall–Kier alpha value is -3.06. The fraction of sp³-hybridized carbons (Fsp3) is 0.238. The third-order valence-electron chi connectivity index (χ3n) is 4.38. The molecule has 0 aliphatic heterocycles. The molecule has 1 amide bonds. The zero-order chi connectivity index (χ0) is 21.0. The number of methoxy groups -OCH3 is 1. The number of amides is 1. The van der Waals surface area contributed by atoms with E-state index < -0.39 is 5.82 Å². The number of rotatable bonds is 7. The standard InChI is InChI=1S/C21H20ClFN2O4/c1-13-18(20(24-29-13)19-14(22)7-6-8-15(19)23)21(26)25(2)11-12-28-17-10-5-4-9-16(17)27-3/h4-10H,11-12H2,1-3H3. The third-order valence-corrected chi connectivity index (χ3v) is 4.69. The van der Waals surface area contributed by atoms with Crippen LogP contribution in [0.3, 0.4) is 0 Å². The Labute approximate surface area is 172 Å². The highest BCUT2D eigenvalue weighted by Crippen LogP contribution is 2.34. The Morgan fingerprint density at radius 3 is 2.62 bits per heavy atom. The number of hydrogen-bond acceptors (Lipinski definition) is 5. The van der Waals surface area contributed by atoms with E-state index in [2.05, 4.69) is 5.16 Å². The molecule has 6 nitrogen and oxygen atoms in total. The van der Waals surface area contributed by atoms with E-state index in [0.717, 1.165) is 0 Å². The first-order chi connectivity index (χ1) is 13.9. The molecule has 29 heavy (non-hydrogen) atoms. The van der Waals surface area contributed by atoms with Gasteiger partial charge >= 0.3 is 0 Å². The molecule has 0 atom stereocenters. The van der Waals surface area contributed by atoms with Crippen molar-refractivity contribution >= 4 is 17.5 Å². The molecule has 0 radical (unpaired) electrons. The van der Waals surface area contributed by atoms with Gasteiger partial charge in [-0.3, -0.25) is 4.79 Å². The van der Waals surface area contributed by atoms with E-state index in [0.29, 0.717) is 11.5 Å². The zero-order valence-corrected chi connectivity index (χ0v) is 17.0. The lowest BCUT2D eigenvalue weighted by molar-refractivity contribution is 0.0772. The second-order valence-electron chi connectivity index (χ2n) is 6.29. The molecule has 0 spiro atoms. The van der Waals surface area contributed by atoms with Crippen LogP contribution in [0.4, 0.5) is 4.39 Å². The first kappa shape index (κ1) is 20.7. The molecule has 0 N–H and O–H groups in total. The molecule has 3 aromatic rings. The number of carbonyl (C=O) groups is 1. The minimum Gasteiger partial charge on any atom is -0.493 e. The average molecular weight is 419 g/mol. The van der Waals surface area contributed by atoms with Crippen LogP contribution in [0.15, 0.2) is 47.0 Å². The number of nitrogens with zero attached hydrogens (tertiary/aromatic N) is 2. The van der Waals surface area contributed by atoms with Crippen LogP contribution in [-0.2, 0) is 0 Å². The highest BCUT2D eigenvalue weighted by atomic mass is 35.5. The summed E-state index contributed by atoms with van der Waals surface area (Å²) in [6, 6.07) is 11.5. The lowest BCUT2D eigenvalue weighted by Crippen LogP contribution is -2.31. The van der Waals surface area contributed by atoms with Crippen molar-refractivity contribution in [3.63, 3.8) is 0 Å². The summed E-state index contributed by atoms with van der Waals surface area (Å²) < 4.78 is 30.4. The van der Waals surface area contributed by atoms with Crippen molar-refractivity contribution in [1.29, 1.82) is 0 Å². The number of ether oxygens (including phenoxy) is 2. The fourth-order valence-electron chi connectivity index (χ4n) is 2.84. The minimum atomic E-state index is -0.581. The minimum absolute atomic E-state index is 0.0352. The lowest BCUT2D eigenvalue weighted by atomic mass is 10.0. The van der Waals surface area contributed by atoms with Gasteiger partial charge in [-0.1, -0.05) is 35.0 Å². The Bertz CT molecular complexity index is 1000. The molecule has 2 aromatic carbocycles. The van der Waals surface area contributed by atoms with Crippen molar-refractivity contribution in [1.82, 2.24) is 10.1 Å².